The van der Waals surface area contributed by atoms with Crippen molar-refractivity contribution in [3.63, 3.8) is 0 Å². The zero-order valence-electron chi connectivity index (χ0n) is 17.1. The first-order valence-electron chi connectivity index (χ1n) is 10.6. The van der Waals surface area contributed by atoms with E-state index in [1.807, 2.05) is 11.8 Å². The second-order valence-corrected chi connectivity index (χ2v) is 8.85. The first-order valence-corrected chi connectivity index (χ1v) is 10.6. The minimum absolute atomic E-state index is 0.0791. The number of aromatic amines is 1. The standard InChI is InChI=1S/C21H25F3N6O/c1-12-10-30(11-15(26-12)20(31)7-3-8-20)16-6-5-14(21(22,23)24)18(27-16)17-13-4-2-9-25-19(13)29-28-17/h2,4-6,9,12,14-15,18,26,31H,3,7-8,10-11H2,1H3,(H,25,28,29). The highest BCUT2D eigenvalue weighted by atomic mass is 19.4. The van der Waals surface area contributed by atoms with Crippen LogP contribution < -0.4 is 5.32 Å². The number of alkyl halides is 3. The van der Waals surface area contributed by atoms with Crippen molar-refractivity contribution < 1.29 is 18.3 Å². The lowest BCUT2D eigenvalue weighted by atomic mass is 9.73. The van der Waals surface area contributed by atoms with Crippen LogP contribution in [0.1, 0.15) is 37.9 Å². The zero-order valence-corrected chi connectivity index (χ0v) is 17.1. The molecule has 1 saturated carbocycles. The van der Waals surface area contributed by atoms with Gasteiger partial charge in [0.2, 0.25) is 0 Å². The van der Waals surface area contributed by atoms with E-state index >= 15 is 0 Å². The SMILES string of the molecule is CC1CN(C2=NC(c3[nH]nc4ncccc34)C(C(F)(F)F)C=C2)CC(C2(O)CCC2)N1. The van der Waals surface area contributed by atoms with Gasteiger partial charge in [-0.25, -0.2) is 4.98 Å². The Labute approximate surface area is 177 Å². The third kappa shape index (κ3) is 3.61. The molecule has 1 aliphatic carbocycles. The van der Waals surface area contributed by atoms with Gasteiger partial charge in [-0.15, -0.1) is 0 Å². The summed E-state index contributed by atoms with van der Waals surface area (Å²) in [4.78, 5) is 10.7. The van der Waals surface area contributed by atoms with Crippen LogP contribution >= 0.6 is 0 Å². The Bertz CT molecular complexity index is 1030. The van der Waals surface area contributed by atoms with Crippen molar-refractivity contribution in [3.05, 3.63) is 36.2 Å². The van der Waals surface area contributed by atoms with Crippen molar-refractivity contribution in [1.82, 2.24) is 25.4 Å². The van der Waals surface area contributed by atoms with Crippen molar-refractivity contribution in [2.45, 2.75) is 56.1 Å². The molecule has 0 spiro atoms. The highest BCUT2D eigenvalue weighted by Gasteiger charge is 2.48. The number of nitrogens with one attached hydrogen (secondary N) is 2. The summed E-state index contributed by atoms with van der Waals surface area (Å²) in [6.07, 6.45) is 2.22. The molecule has 3 aliphatic rings. The van der Waals surface area contributed by atoms with Crippen LogP contribution in [0.4, 0.5) is 13.2 Å². The van der Waals surface area contributed by atoms with Crippen LogP contribution in [0.15, 0.2) is 35.5 Å². The molecule has 31 heavy (non-hydrogen) atoms. The van der Waals surface area contributed by atoms with E-state index in [1.54, 1.807) is 18.3 Å². The Balaban J connectivity index is 1.50. The average Bonchev–Trinajstić information content (AvgIpc) is 3.14. The number of piperazine rings is 1. The van der Waals surface area contributed by atoms with Crippen LogP contribution in [-0.4, -0.2) is 68.0 Å². The maximum absolute atomic E-state index is 13.9. The number of aliphatic imine (C=N–C) groups is 1. The van der Waals surface area contributed by atoms with Crippen LogP contribution in [0.2, 0.25) is 0 Å². The third-order valence-corrected chi connectivity index (χ3v) is 6.67. The molecule has 4 atom stereocenters. The Morgan fingerprint density at radius 1 is 1.26 bits per heavy atom. The number of H-pyrrole nitrogens is 1. The summed E-state index contributed by atoms with van der Waals surface area (Å²) in [5, 5.41) is 21.6. The lowest BCUT2D eigenvalue weighted by Crippen LogP contribution is -2.67. The first-order chi connectivity index (χ1) is 14.7. The number of hydrogen-bond donors (Lipinski definition) is 3. The number of dihydropyridines is 1. The number of hydrogen-bond acceptors (Lipinski definition) is 6. The Hall–Kier alpha value is -2.46. The van der Waals surface area contributed by atoms with E-state index in [1.165, 1.54) is 12.2 Å². The minimum atomic E-state index is -4.45. The third-order valence-electron chi connectivity index (χ3n) is 6.67. The molecule has 0 aromatic carbocycles. The van der Waals surface area contributed by atoms with E-state index in [2.05, 4.69) is 25.5 Å². The van der Waals surface area contributed by atoms with Gasteiger partial charge in [-0.05, 0) is 44.4 Å². The van der Waals surface area contributed by atoms with Crippen LogP contribution in [-0.2, 0) is 0 Å². The maximum Gasteiger partial charge on any atom is 0.397 e. The van der Waals surface area contributed by atoms with Crippen LogP contribution in [0.3, 0.4) is 0 Å². The smallest absolute Gasteiger partial charge is 0.388 e. The summed E-state index contributed by atoms with van der Waals surface area (Å²) in [6.45, 7) is 3.11. The highest BCUT2D eigenvalue weighted by molar-refractivity contribution is 5.94. The fourth-order valence-electron chi connectivity index (χ4n) is 4.85. The summed E-state index contributed by atoms with van der Waals surface area (Å²) < 4.78 is 41.6. The van der Waals surface area contributed by atoms with Crippen molar-refractivity contribution in [1.29, 1.82) is 0 Å². The zero-order chi connectivity index (χ0) is 21.8. The summed E-state index contributed by atoms with van der Waals surface area (Å²) >= 11 is 0. The molecule has 2 aromatic rings. The molecular formula is C21H25F3N6O. The molecule has 0 amide bonds. The van der Waals surface area contributed by atoms with Crippen molar-refractivity contribution >= 4 is 16.9 Å². The van der Waals surface area contributed by atoms with E-state index in [4.69, 9.17) is 0 Å². The summed E-state index contributed by atoms with van der Waals surface area (Å²) in [7, 11) is 0. The lowest BCUT2D eigenvalue weighted by molar-refractivity contribution is -0.166. The van der Waals surface area contributed by atoms with Gasteiger partial charge in [0.05, 0.1) is 17.3 Å². The van der Waals surface area contributed by atoms with Gasteiger partial charge in [-0.1, -0.05) is 6.08 Å². The van der Waals surface area contributed by atoms with Crippen LogP contribution in [0, 0.1) is 5.92 Å². The summed E-state index contributed by atoms with van der Waals surface area (Å²) in [5.41, 5.74) is -0.0807. The van der Waals surface area contributed by atoms with Gasteiger partial charge in [0.25, 0.3) is 0 Å². The first kappa shape index (κ1) is 20.4. The quantitative estimate of drug-likeness (QED) is 0.676. The van der Waals surface area contributed by atoms with Crippen molar-refractivity contribution in [2.75, 3.05) is 13.1 Å². The summed E-state index contributed by atoms with van der Waals surface area (Å²) in [5.74, 6) is -1.26. The Morgan fingerprint density at radius 2 is 2.06 bits per heavy atom. The van der Waals surface area contributed by atoms with E-state index in [-0.39, 0.29) is 12.1 Å². The van der Waals surface area contributed by atoms with E-state index in [9.17, 15) is 18.3 Å². The summed E-state index contributed by atoms with van der Waals surface area (Å²) in [6, 6.07) is 2.14. The van der Waals surface area contributed by atoms with Crippen LogP contribution in [0.5, 0.6) is 0 Å². The number of pyridine rings is 1. The molecule has 10 heteroatoms. The van der Waals surface area contributed by atoms with Gasteiger partial charge in [0.1, 0.15) is 17.8 Å². The molecule has 0 bridgehead atoms. The second kappa shape index (κ2) is 7.30. The molecule has 5 rings (SSSR count). The number of aliphatic hydroxyl groups is 1. The molecule has 0 radical (unpaired) electrons. The molecule has 7 nitrogen and oxygen atoms in total. The van der Waals surface area contributed by atoms with Crippen LogP contribution in [0.25, 0.3) is 11.0 Å². The molecule has 2 aromatic heterocycles. The number of nitrogens with zero attached hydrogens (tertiary/aromatic N) is 4. The van der Waals surface area contributed by atoms with Crippen molar-refractivity contribution in [3.8, 4) is 0 Å². The Morgan fingerprint density at radius 3 is 2.77 bits per heavy atom. The number of rotatable bonds is 2. The van der Waals surface area contributed by atoms with E-state index < -0.39 is 23.7 Å². The average molecular weight is 434 g/mol. The van der Waals surface area contributed by atoms with E-state index in [0.29, 0.717) is 35.7 Å². The normalized spacial score (nSPS) is 30.9. The lowest BCUT2D eigenvalue weighted by Gasteiger charge is -2.50. The molecule has 2 aliphatic heterocycles. The highest BCUT2D eigenvalue weighted by Crippen LogP contribution is 2.43. The maximum atomic E-state index is 13.9. The van der Waals surface area contributed by atoms with Gasteiger partial charge in [0, 0.05) is 30.7 Å². The number of amidine groups is 1. The van der Waals surface area contributed by atoms with Crippen molar-refractivity contribution in [2.24, 2.45) is 10.9 Å². The fourth-order valence-corrected chi connectivity index (χ4v) is 4.85. The largest absolute Gasteiger partial charge is 0.397 e. The predicted octanol–water partition coefficient (Wildman–Crippen LogP) is 2.72. The molecule has 2 fully saturated rings. The predicted molar refractivity (Wildman–Crippen MR) is 110 cm³/mol. The molecule has 1 saturated heterocycles. The molecular weight excluding hydrogens is 409 g/mol. The fraction of sp³-hybridized carbons (Fsp3) is 0.571. The molecule has 4 heterocycles. The van der Waals surface area contributed by atoms with Gasteiger partial charge in [-0.2, -0.15) is 18.3 Å². The Kier molecular flexibility index (Phi) is 4.82. The number of aromatic nitrogens is 3. The monoisotopic (exact) mass is 434 g/mol. The van der Waals surface area contributed by atoms with E-state index in [0.717, 1.165) is 19.3 Å². The molecule has 3 N–H and O–H groups in total. The van der Waals surface area contributed by atoms with Gasteiger partial charge in [-0.3, -0.25) is 10.1 Å². The molecule has 166 valence electrons. The molecule has 4 unspecified atom stereocenters. The van der Waals surface area contributed by atoms with Gasteiger partial charge >= 0.3 is 6.18 Å². The number of fused-ring (bicyclic) bond motifs is 1. The second-order valence-electron chi connectivity index (χ2n) is 8.85. The number of halogens is 3. The van der Waals surface area contributed by atoms with Gasteiger partial charge in [0.15, 0.2) is 5.65 Å². The topological polar surface area (TPSA) is 89.4 Å². The minimum Gasteiger partial charge on any atom is -0.388 e. The van der Waals surface area contributed by atoms with Gasteiger partial charge < -0.3 is 15.3 Å².